The molecule has 1 saturated heterocycles. The minimum absolute atomic E-state index is 0.00176. The van der Waals surface area contributed by atoms with Crippen molar-refractivity contribution in [3.05, 3.63) is 29.6 Å². The minimum Gasteiger partial charge on any atom is -0.326 e. The van der Waals surface area contributed by atoms with Gasteiger partial charge < -0.3 is 5.73 Å². The summed E-state index contributed by atoms with van der Waals surface area (Å²) in [6.07, 6.45) is 1.71. The molecule has 1 fully saturated rings. The Morgan fingerprint density at radius 1 is 1.29 bits per heavy atom. The van der Waals surface area contributed by atoms with Crippen molar-refractivity contribution in [3.63, 3.8) is 0 Å². The number of hydrogen-bond acceptors (Lipinski definition) is 3. The fourth-order valence-electron chi connectivity index (χ4n) is 2.05. The molecule has 0 aliphatic carbocycles. The molecule has 0 bridgehead atoms. The van der Waals surface area contributed by atoms with Crippen LogP contribution in [0.2, 0.25) is 0 Å². The molecule has 17 heavy (non-hydrogen) atoms. The molecule has 2 rings (SSSR count). The first-order valence-corrected chi connectivity index (χ1v) is 6.99. The first kappa shape index (κ1) is 12.5. The topological polar surface area (TPSA) is 63.4 Å². The van der Waals surface area contributed by atoms with E-state index in [9.17, 15) is 12.8 Å². The maximum Gasteiger partial charge on any atom is 0.243 e. The van der Waals surface area contributed by atoms with Crippen molar-refractivity contribution in [2.75, 3.05) is 13.1 Å². The highest BCUT2D eigenvalue weighted by Gasteiger charge is 2.29. The number of benzene rings is 1. The van der Waals surface area contributed by atoms with Gasteiger partial charge in [0.15, 0.2) is 0 Å². The van der Waals surface area contributed by atoms with Crippen molar-refractivity contribution in [2.24, 2.45) is 5.73 Å². The average molecular weight is 258 g/mol. The average Bonchev–Trinajstić information content (AvgIpc) is 2.82. The van der Waals surface area contributed by atoms with Gasteiger partial charge >= 0.3 is 0 Å². The lowest BCUT2D eigenvalue weighted by Gasteiger charge is -2.17. The lowest BCUT2D eigenvalue weighted by molar-refractivity contribution is 0.475. The quantitative estimate of drug-likeness (QED) is 0.882. The number of halogens is 1. The normalized spacial score (nSPS) is 17.5. The fraction of sp³-hybridized carbons (Fsp3) is 0.455. The van der Waals surface area contributed by atoms with Gasteiger partial charge in [-0.3, -0.25) is 0 Å². The van der Waals surface area contributed by atoms with Gasteiger partial charge in [0.05, 0.1) is 4.90 Å². The van der Waals surface area contributed by atoms with E-state index in [-0.39, 0.29) is 17.0 Å². The van der Waals surface area contributed by atoms with E-state index >= 15 is 0 Å². The van der Waals surface area contributed by atoms with Crippen molar-refractivity contribution < 1.29 is 12.8 Å². The highest BCUT2D eigenvalue weighted by molar-refractivity contribution is 7.89. The number of sulfonamides is 1. The molecular formula is C11H15FN2O2S. The largest absolute Gasteiger partial charge is 0.326 e. The molecule has 1 aromatic carbocycles. The monoisotopic (exact) mass is 258 g/mol. The molecular weight excluding hydrogens is 243 g/mol. The second-order valence-corrected chi connectivity index (χ2v) is 5.94. The van der Waals surface area contributed by atoms with Crippen LogP contribution in [0.15, 0.2) is 23.1 Å². The molecule has 0 radical (unpaired) electrons. The zero-order valence-corrected chi connectivity index (χ0v) is 10.2. The van der Waals surface area contributed by atoms with Crippen molar-refractivity contribution in [3.8, 4) is 0 Å². The smallest absolute Gasteiger partial charge is 0.243 e. The van der Waals surface area contributed by atoms with Gasteiger partial charge in [0.1, 0.15) is 5.82 Å². The van der Waals surface area contributed by atoms with E-state index in [2.05, 4.69) is 0 Å². The number of rotatable bonds is 3. The summed E-state index contributed by atoms with van der Waals surface area (Å²) in [5.41, 5.74) is 5.49. The third-order valence-electron chi connectivity index (χ3n) is 2.96. The summed E-state index contributed by atoms with van der Waals surface area (Å²) >= 11 is 0. The second-order valence-electron chi connectivity index (χ2n) is 4.03. The van der Waals surface area contributed by atoms with Crippen molar-refractivity contribution in [1.82, 2.24) is 4.31 Å². The Morgan fingerprint density at radius 3 is 2.53 bits per heavy atom. The Balaban J connectivity index is 2.49. The van der Waals surface area contributed by atoms with E-state index < -0.39 is 15.8 Å². The highest BCUT2D eigenvalue weighted by Crippen LogP contribution is 2.25. The lowest BCUT2D eigenvalue weighted by Crippen LogP contribution is -2.29. The molecule has 0 aromatic heterocycles. The molecule has 0 amide bonds. The summed E-state index contributed by atoms with van der Waals surface area (Å²) in [5, 5.41) is 0. The SMILES string of the molecule is NCc1c(F)cccc1S(=O)(=O)N1CCCC1. The molecule has 0 saturated carbocycles. The summed E-state index contributed by atoms with van der Waals surface area (Å²) < 4.78 is 39.4. The standard InChI is InChI=1S/C11H15FN2O2S/c12-10-4-3-5-11(9(10)8-13)17(15,16)14-6-1-2-7-14/h3-5H,1-2,6-8,13H2. The van der Waals surface area contributed by atoms with Gasteiger partial charge in [0.25, 0.3) is 0 Å². The van der Waals surface area contributed by atoms with E-state index in [1.807, 2.05) is 0 Å². The summed E-state index contributed by atoms with van der Waals surface area (Å²) in [4.78, 5) is 0.00176. The predicted octanol–water partition coefficient (Wildman–Crippen LogP) is 1.07. The van der Waals surface area contributed by atoms with Crippen LogP contribution in [-0.4, -0.2) is 25.8 Å². The van der Waals surface area contributed by atoms with Gasteiger partial charge in [0.2, 0.25) is 10.0 Å². The van der Waals surface area contributed by atoms with Gasteiger partial charge in [-0.2, -0.15) is 4.31 Å². The van der Waals surface area contributed by atoms with E-state index in [4.69, 9.17) is 5.73 Å². The molecule has 1 aliphatic rings. The van der Waals surface area contributed by atoms with E-state index in [1.54, 1.807) is 0 Å². The molecule has 94 valence electrons. The van der Waals surface area contributed by atoms with Crippen molar-refractivity contribution in [2.45, 2.75) is 24.3 Å². The van der Waals surface area contributed by atoms with E-state index in [0.717, 1.165) is 12.8 Å². The third-order valence-corrected chi connectivity index (χ3v) is 4.95. The molecule has 2 N–H and O–H groups in total. The van der Waals surface area contributed by atoms with Gasteiger partial charge in [-0.15, -0.1) is 0 Å². The molecule has 4 nitrogen and oxygen atoms in total. The van der Waals surface area contributed by atoms with E-state index in [0.29, 0.717) is 13.1 Å². The minimum atomic E-state index is -3.59. The Kier molecular flexibility index (Phi) is 3.46. The van der Waals surface area contributed by atoms with Crippen molar-refractivity contribution in [1.29, 1.82) is 0 Å². The first-order chi connectivity index (χ1) is 8.07. The lowest BCUT2D eigenvalue weighted by atomic mass is 10.2. The predicted molar refractivity (Wildman–Crippen MR) is 62.3 cm³/mol. The highest BCUT2D eigenvalue weighted by atomic mass is 32.2. The summed E-state index contributed by atoms with van der Waals surface area (Å²) in [6, 6.07) is 4.04. The number of hydrogen-bond donors (Lipinski definition) is 1. The van der Waals surface area contributed by atoms with Crippen LogP contribution in [0.5, 0.6) is 0 Å². The number of nitrogens with two attached hydrogens (primary N) is 1. The van der Waals surface area contributed by atoms with Gasteiger partial charge in [0, 0.05) is 25.2 Å². The second kappa shape index (κ2) is 4.72. The van der Waals surface area contributed by atoms with Crippen LogP contribution in [0.3, 0.4) is 0 Å². The van der Waals surface area contributed by atoms with Crippen molar-refractivity contribution >= 4 is 10.0 Å². The van der Waals surface area contributed by atoms with Crippen LogP contribution in [0, 0.1) is 5.82 Å². The molecule has 0 atom stereocenters. The fourth-order valence-corrected chi connectivity index (χ4v) is 3.81. The van der Waals surface area contributed by atoms with Crippen LogP contribution >= 0.6 is 0 Å². The Labute approximate surface area is 100 Å². The number of nitrogens with zero attached hydrogens (tertiary/aromatic N) is 1. The molecule has 1 heterocycles. The van der Waals surface area contributed by atoms with Gasteiger partial charge in [-0.25, -0.2) is 12.8 Å². The van der Waals surface area contributed by atoms with Crippen LogP contribution in [-0.2, 0) is 16.6 Å². The first-order valence-electron chi connectivity index (χ1n) is 5.55. The van der Waals surface area contributed by atoms with Crippen LogP contribution in [0.1, 0.15) is 18.4 Å². The van der Waals surface area contributed by atoms with E-state index in [1.165, 1.54) is 22.5 Å². The summed E-state index contributed by atoms with van der Waals surface area (Å²) in [7, 11) is -3.59. The molecule has 1 aliphatic heterocycles. The van der Waals surface area contributed by atoms with Gasteiger partial charge in [-0.05, 0) is 25.0 Å². The Hall–Kier alpha value is -0.980. The van der Waals surface area contributed by atoms with Crippen LogP contribution in [0.4, 0.5) is 4.39 Å². The van der Waals surface area contributed by atoms with Gasteiger partial charge in [-0.1, -0.05) is 6.07 Å². The zero-order valence-electron chi connectivity index (χ0n) is 9.39. The van der Waals surface area contributed by atoms with Crippen LogP contribution in [0.25, 0.3) is 0 Å². The maximum atomic E-state index is 13.5. The zero-order chi connectivity index (χ0) is 12.5. The molecule has 1 aromatic rings. The maximum absolute atomic E-state index is 13.5. The van der Waals surface area contributed by atoms with Crippen LogP contribution < -0.4 is 5.73 Å². The Bertz CT molecular complexity index is 510. The molecule has 0 unspecified atom stereocenters. The summed E-state index contributed by atoms with van der Waals surface area (Å²) in [6.45, 7) is 0.890. The third kappa shape index (κ3) is 2.20. The molecule has 6 heteroatoms. The summed E-state index contributed by atoms with van der Waals surface area (Å²) in [5.74, 6) is -0.562. The Morgan fingerprint density at radius 2 is 1.94 bits per heavy atom. The molecule has 0 spiro atoms.